The fraction of sp³-hybridized carbons (Fsp3) is 0.438. The third-order valence-corrected chi connectivity index (χ3v) is 3.22. The minimum Gasteiger partial charge on any atom is -0.444 e. The lowest BCUT2D eigenvalue weighted by molar-refractivity contribution is 0.0636. The second kappa shape index (κ2) is 5.88. The van der Waals surface area contributed by atoms with Crippen molar-refractivity contribution in [1.82, 2.24) is 0 Å². The first kappa shape index (κ1) is 14.9. The number of nitrogens with one attached hydrogen (secondary N) is 1. The molecule has 0 saturated heterocycles. The lowest BCUT2D eigenvalue weighted by atomic mass is 10.1. The van der Waals surface area contributed by atoms with Crippen LogP contribution in [0.2, 0.25) is 0 Å². The van der Waals surface area contributed by atoms with Crippen molar-refractivity contribution in [2.24, 2.45) is 5.92 Å². The molecule has 0 atom stereocenters. The third kappa shape index (κ3) is 4.89. The number of hydrogen-bond acceptors (Lipinski definition) is 2. The molecule has 1 fully saturated rings. The van der Waals surface area contributed by atoms with Crippen molar-refractivity contribution >= 4 is 29.5 Å². The van der Waals surface area contributed by atoms with Crippen LogP contribution in [0.15, 0.2) is 29.3 Å². The Balaban J connectivity index is 2.02. The normalized spacial score (nSPS) is 15.9. The first-order valence-electron chi connectivity index (χ1n) is 6.81. The molecule has 0 radical (unpaired) electrons. The van der Waals surface area contributed by atoms with E-state index in [0.717, 1.165) is 10.6 Å². The highest BCUT2D eigenvalue weighted by molar-refractivity contribution is 6.32. The smallest absolute Gasteiger partial charge is 0.412 e. The van der Waals surface area contributed by atoms with Gasteiger partial charge in [-0.05, 0) is 63.3 Å². The van der Waals surface area contributed by atoms with E-state index in [0.29, 0.717) is 11.6 Å². The maximum atomic E-state index is 11.7. The molecule has 0 bridgehead atoms. The standard InChI is InChI=1S/C16H20ClNO2/c1-16(2,3)20-15(19)18-13-6-4-5-11(9-13)10-14(17)12-7-8-12/h4-6,9-10,12H,7-8H2,1-3H3,(H,18,19)/b14-10+. The zero-order valence-electron chi connectivity index (χ0n) is 12.1. The molecule has 108 valence electrons. The van der Waals surface area contributed by atoms with E-state index in [1.807, 2.05) is 51.1 Å². The third-order valence-electron chi connectivity index (χ3n) is 2.80. The number of rotatable bonds is 3. The zero-order chi connectivity index (χ0) is 14.8. The van der Waals surface area contributed by atoms with Crippen molar-refractivity contribution in [1.29, 1.82) is 0 Å². The van der Waals surface area contributed by atoms with Gasteiger partial charge >= 0.3 is 6.09 Å². The van der Waals surface area contributed by atoms with Gasteiger partial charge in [-0.2, -0.15) is 0 Å². The summed E-state index contributed by atoms with van der Waals surface area (Å²) in [7, 11) is 0. The summed E-state index contributed by atoms with van der Waals surface area (Å²) in [6, 6.07) is 7.56. The Kier molecular flexibility index (Phi) is 4.39. The summed E-state index contributed by atoms with van der Waals surface area (Å²) < 4.78 is 5.22. The minimum absolute atomic E-state index is 0.452. The van der Waals surface area contributed by atoms with Gasteiger partial charge < -0.3 is 4.74 Å². The van der Waals surface area contributed by atoms with Crippen LogP contribution >= 0.6 is 11.6 Å². The van der Waals surface area contributed by atoms with Gasteiger partial charge in [-0.25, -0.2) is 4.79 Å². The summed E-state index contributed by atoms with van der Waals surface area (Å²) in [5, 5.41) is 3.61. The molecular weight excluding hydrogens is 274 g/mol. The lowest BCUT2D eigenvalue weighted by Gasteiger charge is -2.19. The Bertz CT molecular complexity index is 528. The van der Waals surface area contributed by atoms with Crippen molar-refractivity contribution in [2.75, 3.05) is 5.32 Å². The van der Waals surface area contributed by atoms with Crippen LogP contribution in [0.4, 0.5) is 10.5 Å². The number of benzene rings is 1. The Morgan fingerprint density at radius 2 is 2.10 bits per heavy atom. The molecule has 2 rings (SSSR count). The summed E-state index contributed by atoms with van der Waals surface area (Å²) in [5.74, 6) is 0.527. The molecule has 4 heteroatoms. The maximum Gasteiger partial charge on any atom is 0.412 e. The Morgan fingerprint density at radius 3 is 2.70 bits per heavy atom. The molecule has 1 saturated carbocycles. The second-order valence-electron chi connectivity index (χ2n) is 6.06. The van der Waals surface area contributed by atoms with E-state index in [1.165, 1.54) is 12.8 Å². The van der Waals surface area contributed by atoms with Crippen molar-refractivity contribution < 1.29 is 9.53 Å². The molecule has 1 aliphatic carbocycles. The summed E-state index contributed by atoms with van der Waals surface area (Å²) in [6.45, 7) is 5.50. The Hall–Kier alpha value is -1.48. The molecule has 0 aliphatic heterocycles. The van der Waals surface area contributed by atoms with Gasteiger partial charge in [0.05, 0.1) is 0 Å². The SMILES string of the molecule is CC(C)(C)OC(=O)Nc1cccc(/C=C(/Cl)C2CC2)c1. The summed E-state index contributed by atoms with van der Waals surface area (Å²) in [5.41, 5.74) is 1.18. The first-order chi connectivity index (χ1) is 9.33. The number of hydrogen-bond donors (Lipinski definition) is 1. The summed E-state index contributed by atoms with van der Waals surface area (Å²) >= 11 is 6.21. The highest BCUT2D eigenvalue weighted by Gasteiger charge is 2.24. The van der Waals surface area contributed by atoms with Crippen LogP contribution < -0.4 is 5.32 Å². The molecule has 1 aromatic carbocycles. The Morgan fingerprint density at radius 1 is 1.40 bits per heavy atom. The van der Waals surface area contributed by atoms with Crippen LogP contribution in [-0.4, -0.2) is 11.7 Å². The van der Waals surface area contributed by atoms with Gasteiger partial charge in [0.2, 0.25) is 0 Å². The van der Waals surface area contributed by atoms with Gasteiger partial charge in [-0.3, -0.25) is 5.32 Å². The van der Waals surface area contributed by atoms with Gasteiger partial charge in [0.1, 0.15) is 5.60 Å². The highest BCUT2D eigenvalue weighted by Crippen LogP contribution is 2.39. The summed E-state index contributed by atoms with van der Waals surface area (Å²) in [6.07, 6.45) is 3.85. The average molecular weight is 294 g/mol. The van der Waals surface area contributed by atoms with Crippen LogP contribution in [0.1, 0.15) is 39.2 Å². The van der Waals surface area contributed by atoms with Crippen molar-refractivity contribution in [3.05, 3.63) is 34.9 Å². The quantitative estimate of drug-likeness (QED) is 0.849. The number of ether oxygens (including phenoxy) is 1. The van der Waals surface area contributed by atoms with E-state index < -0.39 is 11.7 Å². The van der Waals surface area contributed by atoms with Gasteiger partial charge in [0.25, 0.3) is 0 Å². The molecule has 0 unspecified atom stereocenters. The van der Waals surface area contributed by atoms with Crippen LogP contribution in [0.5, 0.6) is 0 Å². The van der Waals surface area contributed by atoms with Crippen molar-refractivity contribution in [3.8, 4) is 0 Å². The molecule has 3 nitrogen and oxygen atoms in total. The second-order valence-corrected chi connectivity index (χ2v) is 6.49. The van der Waals surface area contributed by atoms with Gasteiger partial charge in [-0.15, -0.1) is 0 Å². The zero-order valence-corrected chi connectivity index (χ0v) is 12.8. The number of anilines is 1. The van der Waals surface area contributed by atoms with Gasteiger partial charge in [0.15, 0.2) is 0 Å². The molecule has 0 heterocycles. The molecule has 1 aliphatic rings. The maximum absolute atomic E-state index is 11.7. The molecule has 0 aromatic heterocycles. The van der Waals surface area contributed by atoms with Crippen molar-refractivity contribution in [2.45, 2.75) is 39.2 Å². The van der Waals surface area contributed by atoms with Crippen LogP contribution in [0.25, 0.3) is 6.08 Å². The number of allylic oxidation sites excluding steroid dienone is 1. The van der Waals surface area contributed by atoms with Crippen LogP contribution in [0, 0.1) is 5.92 Å². The molecular formula is C16H20ClNO2. The van der Waals surface area contributed by atoms with Crippen molar-refractivity contribution in [3.63, 3.8) is 0 Å². The van der Waals surface area contributed by atoms with E-state index in [1.54, 1.807) is 0 Å². The molecule has 20 heavy (non-hydrogen) atoms. The Labute approximate surface area is 125 Å². The molecule has 1 aromatic rings. The highest BCUT2D eigenvalue weighted by atomic mass is 35.5. The monoisotopic (exact) mass is 293 g/mol. The number of amides is 1. The molecule has 1 N–H and O–H groups in total. The summed E-state index contributed by atoms with van der Waals surface area (Å²) in [4.78, 5) is 11.7. The van der Waals surface area contributed by atoms with E-state index in [2.05, 4.69) is 5.32 Å². The predicted octanol–water partition coefficient (Wildman–Crippen LogP) is 5.02. The van der Waals surface area contributed by atoms with Crippen LogP contribution in [0.3, 0.4) is 0 Å². The predicted molar refractivity (Wildman–Crippen MR) is 82.9 cm³/mol. The number of halogens is 1. The van der Waals surface area contributed by atoms with Gasteiger partial charge in [0, 0.05) is 10.7 Å². The first-order valence-corrected chi connectivity index (χ1v) is 7.18. The fourth-order valence-electron chi connectivity index (χ4n) is 1.76. The molecule has 0 spiro atoms. The number of carbonyl (C=O) groups is 1. The largest absolute Gasteiger partial charge is 0.444 e. The van der Waals surface area contributed by atoms with E-state index in [9.17, 15) is 4.79 Å². The number of carbonyl (C=O) groups excluding carboxylic acids is 1. The minimum atomic E-state index is -0.503. The van der Waals surface area contributed by atoms with E-state index in [4.69, 9.17) is 16.3 Å². The van der Waals surface area contributed by atoms with E-state index >= 15 is 0 Å². The van der Waals surface area contributed by atoms with Crippen LogP contribution in [-0.2, 0) is 4.74 Å². The fourth-order valence-corrected chi connectivity index (χ4v) is 2.11. The van der Waals surface area contributed by atoms with Gasteiger partial charge in [-0.1, -0.05) is 23.7 Å². The molecule has 1 amide bonds. The van der Waals surface area contributed by atoms with E-state index in [-0.39, 0.29) is 0 Å². The topological polar surface area (TPSA) is 38.3 Å². The lowest BCUT2D eigenvalue weighted by Crippen LogP contribution is -2.27. The average Bonchev–Trinajstić information content (AvgIpc) is 3.09.